The van der Waals surface area contributed by atoms with Crippen molar-refractivity contribution >= 4 is 23.9 Å². The molecule has 2 heterocycles. The van der Waals surface area contributed by atoms with Crippen LogP contribution in [0.3, 0.4) is 0 Å². The monoisotopic (exact) mass is 361 g/mol. The summed E-state index contributed by atoms with van der Waals surface area (Å²) < 4.78 is 5.68. The summed E-state index contributed by atoms with van der Waals surface area (Å²) in [6.45, 7) is 0. The Balaban J connectivity index is 1.36. The highest BCUT2D eigenvalue weighted by atomic mass is 32.2. The SMILES string of the molecule is C(=C\c1nc(SCc2nnc(-c3ccccc3)o2)n[nH]1)/c1ccccc1. The van der Waals surface area contributed by atoms with Crippen molar-refractivity contribution < 1.29 is 4.42 Å². The maximum atomic E-state index is 5.68. The summed E-state index contributed by atoms with van der Waals surface area (Å²) in [5.74, 6) is 2.27. The third kappa shape index (κ3) is 4.07. The summed E-state index contributed by atoms with van der Waals surface area (Å²) in [6, 6.07) is 19.7. The second-order valence-electron chi connectivity index (χ2n) is 5.40. The summed E-state index contributed by atoms with van der Waals surface area (Å²) in [5, 5.41) is 15.9. The maximum Gasteiger partial charge on any atom is 0.247 e. The van der Waals surface area contributed by atoms with Crippen molar-refractivity contribution in [3.8, 4) is 11.5 Å². The number of aromatic amines is 1. The van der Waals surface area contributed by atoms with E-state index in [1.807, 2.05) is 72.8 Å². The molecular weight excluding hydrogens is 346 g/mol. The van der Waals surface area contributed by atoms with E-state index in [0.29, 0.717) is 28.5 Å². The Morgan fingerprint density at radius 2 is 1.69 bits per heavy atom. The number of hydrogen-bond donors (Lipinski definition) is 1. The number of nitrogens with zero attached hydrogens (tertiary/aromatic N) is 4. The number of aromatic nitrogens is 5. The fraction of sp³-hybridized carbons (Fsp3) is 0.0526. The molecule has 0 aliphatic carbocycles. The van der Waals surface area contributed by atoms with E-state index >= 15 is 0 Å². The van der Waals surface area contributed by atoms with Gasteiger partial charge in [0.25, 0.3) is 0 Å². The van der Waals surface area contributed by atoms with Gasteiger partial charge in [0.2, 0.25) is 16.9 Å². The Morgan fingerprint density at radius 1 is 0.923 bits per heavy atom. The molecule has 26 heavy (non-hydrogen) atoms. The first-order valence-electron chi connectivity index (χ1n) is 8.03. The lowest BCUT2D eigenvalue weighted by Crippen LogP contribution is -1.82. The molecule has 0 radical (unpaired) electrons. The van der Waals surface area contributed by atoms with Gasteiger partial charge in [0, 0.05) is 5.56 Å². The van der Waals surface area contributed by atoms with Crippen LogP contribution in [0.5, 0.6) is 0 Å². The molecule has 0 atom stereocenters. The Bertz CT molecular complexity index is 995. The van der Waals surface area contributed by atoms with Crippen LogP contribution in [-0.2, 0) is 5.75 Å². The molecular formula is C19H15N5OS. The van der Waals surface area contributed by atoms with Gasteiger partial charge in [-0.3, -0.25) is 5.10 Å². The minimum Gasteiger partial charge on any atom is -0.420 e. The van der Waals surface area contributed by atoms with Gasteiger partial charge in [0.1, 0.15) is 5.82 Å². The van der Waals surface area contributed by atoms with E-state index in [4.69, 9.17) is 4.42 Å². The molecule has 0 bridgehead atoms. The molecule has 0 amide bonds. The van der Waals surface area contributed by atoms with Crippen LogP contribution < -0.4 is 0 Å². The average molecular weight is 361 g/mol. The Kier molecular flexibility index (Phi) is 4.88. The topological polar surface area (TPSA) is 80.5 Å². The first kappa shape index (κ1) is 16.3. The van der Waals surface area contributed by atoms with E-state index in [0.717, 1.165) is 11.1 Å². The molecule has 4 rings (SSSR count). The maximum absolute atomic E-state index is 5.68. The van der Waals surface area contributed by atoms with Crippen LogP contribution in [-0.4, -0.2) is 25.4 Å². The van der Waals surface area contributed by atoms with E-state index in [2.05, 4.69) is 25.4 Å². The van der Waals surface area contributed by atoms with Crippen molar-refractivity contribution in [2.45, 2.75) is 10.9 Å². The number of hydrogen-bond acceptors (Lipinski definition) is 6. The zero-order chi connectivity index (χ0) is 17.6. The predicted octanol–water partition coefficient (Wildman–Crippen LogP) is 4.32. The van der Waals surface area contributed by atoms with Crippen LogP contribution in [0.4, 0.5) is 0 Å². The van der Waals surface area contributed by atoms with Crippen molar-refractivity contribution in [3.63, 3.8) is 0 Å². The number of benzene rings is 2. The molecule has 0 saturated carbocycles. The van der Waals surface area contributed by atoms with Gasteiger partial charge in [-0.05, 0) is 23.8 Å². The normalized spacial score (nSPS) is 11.2. The average Bonchev–Trinajstić information content (AvgIpc) is 3.36. The quantitative estimate of drug-likeness (QED) is 0.515. The van der Waals surface area contributed by atoms with Gasteiger partial charge in [-0.25, -0.2) is 4.98 Å². The molecule has 0 aliphatic heterocycles. The fourth-order valence-electron chi connectivity index (χ4n) is 2.27. The molecule has 1 N–H and O–H groups in total. The largest absolute Gasteiger partial charge is 0.420 e. The van der Waals surface area contributed by atoms with Crippen molar-refractivity contribution in [1.29, 1.82) is 0 Å². The second-order valence-corrected chi connectivity index (χ2v) is 6.35. The second kappa shape index (κ2) is 7.79. The lowest BCUT2D eigenvalue weighted by molar-refractivity contribution is 0.528. The predicted molar refractivity (Wildman–Crippen MR) is 101 cm³/mol. The van der Waals surface area contributed by atoms with Crippen LogP contribution in [0, 0.1) is 0 Å². The highest BCUT2D eigenvalue weighted by molar-refractivity contribution is 7.98. The molecule has 0 saturated heterocycles. The van der Waals surface area contributed by atoms with Gasteiger partial charge in [-0.1, -0.05) is 66.4 Å². The van der Waals surface area contributed by atoms with Crippen LogP contribution in [0.25, 0.3) is 23.6 Å². The molecule has 0 spiro atoms. The number of rotatable bonds is 6. The van der Waals surface area contributed by atoms with Crippen molar-refractivity contribution in [3.05, 3.63) is 77.9 Å². The molecule has 0 fully saturated rings. The van der Waals surface area contributed by atoms with E-state index < -0.39 is 0 Å². The highest BCUT2D eigenvalue weighted by Crippen LogP contribution is 2.22. The smallest absolute Gasteiger partial charge is 0.247 e. The standard InChI is InChI=1S/C19H15N5OS/c1-3-7-14(8-4-1)11-12-16-20-19(24-21-16)26-13-17-22-23-18(25-17)15-9-5-2-6-10-15/h1-12H,13H2,(H,20,21,24)/b12-11+. The Labute approximate surface area is 154 Å². The summed E-state index contributed by atoms with van der Waals surface area (Å²) >= 11 is 1.44. The van der Waals surface area contributed by atoms with Crippen LogP contribution in [0.2, 0.25) is 0 Å². The highest BCUT2D eigenvalue weighted by Gasteiger charge is 2.10. The van der Waals surface area contributed by atoms with Gasteiger partial charge in [-0.2, -0.15) is 0 Å². The van der Waals surface area contributed by atoms with Gasteiger partial charge < -0.3 is 4.42 Å². The number of H-pyrrole nitrogens is 1. The van der Waals surface area contributed by atoms with Gasteiger partial charge >= 0.3 is 0 Å². The molecule has 0 unspecified atom stereocenters. The van der Waals surface area contributed by atoms with Crippen molar-refractivity contribution in [2.75, 3.05) is 0 Å². The molecule has 4 aromatic rings. The summed E-state index contributed by atoms with van der Waals surface area (Å²) in [7, 11) is 0. The third-order valence-corrected chi connectivity index (χ3v) is 4.36. The number of nitrogens with one attached hydrogen (secondary N) is 1. The minimum absolute atomic E-state index is 0.513. The van der Waals surface area contributed by atoms with Crippen LogP contribution in [0.1, 0.15) is 17.3 Å². The first-order chi connectivity index (χ1) is 12.9. The van der Waals surface area contributed by atoms with E-state index in [9.17, 15) is 0 Å². The Morgan fingerprint density at radius 3 is 2.50 bits per heavy atom. The van der Waals surface area contributed by atoms with Gasteiger partial charge in [0.15, 0.2) is 0 Å². The molecule has 128 valence electrons. The lowest BCUT2D eigenvalue weighted by Gasteiger charge is -1.92. The zero-order valence-corrected chi connectivity index (χ0v) is 14.6. The summed E-state index contributed by atoms with van der Waals surface area (Å²) in [6.07, 6.45) is 3.88. The molecule has 2 aromatic carbocycles. The van der Waals surface area contributed by atoms with E-state index in [-0.39, 0.29) is 0 Å². The lowest BCUT2D eigenvalue weighted by atomic mass is 10.2. The first-order valence-corrected chi connectivity index (χ1v) is 9.01. The third-order valence-electron chi connectivity index (χ3n) is 3.53. The molecule has 6 nitrogen and oxygen atoms in total. The van der Waals surface area contributed by atoms with Crippen LogP contribution in [0.15, 0.2) is 70.2 Å². The van der Waals surface area contributed by atoms with Crippen LogP contribution >= 0.6 is 11.8 Å². The van der Waals surface area contributed by atoms with E-state index in [1.165, 1.54) is 11.8 Å². The summed E-state index contributed by atoms with van der Waals surface area (Å²) in [5.41, 5.74) is 2.01. The molecule has 2 aromatic heterocycles. The number of thioether (sulfide) groups is 1. The summed E-state index contributed by atoms with van der Waals surface area (Å²) in [4.78, 5) is 4.42. The minimum atomic E-state index is 0.513. The van der Waals surface area contributed by atoms with Gasteiger partial charge in [0.05, 0.1) is 5.75 Å². The van der Waals surface area contributed by atoms with Crippen molar-refractivity contribution in [2.24, 2.45) is 0 Å². The van der Waals surface area contributed by atoms with Gasteiger partial charge in [-0.15, -0.1) is 15.3 Å². The Hall–Kier alpha value is -3.19. The molecule has 0 aliphatic rings. The fourth-order valence-corrected chi connectivity index (χ4v) is 2.91. The van der Waals surface area contributed by atoms with Crippen molar-refractivity contribution in [1.82, 2.24) is 25.4 Å². The van der Waals surface area contributed by atoms with E-state index in [1.54, 1.807) is 0 Å². The molecule has 7 heteroatoms. The zero-order valence-electron chi connectivity index (χ0n) is 13.7.